The number of carbonyl (C=O) groups is 1. The lowest BCUT2D eigenvalue weighted by atomic mass is 10.1. The number of primary amides is 1. The van der Waals surface area contributed by atoms with Crippen molar-refractivity contribution in [2.75, 3.05) is 11.9 Å². The van der Waals surface area contributed by atoms with Gasteiger partial charge in [-0.1, -0.05) is 12.1 Å². The van der Waals surface area contributed by atoms with Crippen molar-refractivity contribution >= 4 is 11.6 Å². The standard InChI is InChI=1S/C14H13FN4O3/c15-9-3-1-8(2-4-9)10-6-22-13-12(18-10)14(21)19(7-17-13)5-11(16)20/h1-4,7,10,18H,5-6H2,(H2,16,20). The molecule has 2 heterocycles. The van der Waals surface area contributed by atoms with Gasteiger partial charge in [0.1, 0.15) is 25.3 Å². The van der Waals surface area contributed by atoms with Crippen molar-refractivity contribution in [2.24, 2.45) is 5.73 Å². The van der Waals surface area contributed by atoms with Crippen LogP contribution in [0.5, 0.6) is 5.88 Å². The Balaban J connectivity index is 1.92. The first-order valence-corrected chi connectivity index (χ1v) is 6.57. The molecule has 0 radical (unpaired) electrons. The Morgan fingerprint density at radius 1 is 1.45 bits per heavy atom. The number of aromatic nitrogens is 2. The predicted molar refractivity (Wildman–Crippen MR) is 76.0 cm³/mol. The highest BCUT2D eigenvalue weighted by atomic mass is 19.1. The lowest BCUT2D eigenvalue weighted by Gasteiger charge is -2.26. The zero-order chi connectivity index (χ0) is 15.7. The number of nitrogens with two attached hydrogens (primary N) is 1. The van der Waals surface area contributed by atoms with E-state index < -0.39 is 11.5 Å². The highest BCUT2D eigenvalue weighted by molar-refractivity contribution is 5.73. The van der Waals surface area contributed by atoms with Gasteiger partial charge in [-0.05, 0) is 17.7 Å². The maximum atomic E-state index is 13.0. The lowest BCUT2D eigenvalue weighted by Crippen LogP contribution is -2.34. The minimum Gasteiger partial charge on any atom is -0.473 e. The summed E-state index contributed by atoms with van der Waals surface area (Å²) < 4.78 is 19.5. The second kappa shape index (κ2) is 5.47. The molecular weight excluding hydrogens is 291 g/mol. The Morgan fingerprint density at radius 3 is 2.86 bits per heavy atom. The van der Waals surface area contributed by atoms with Crippen molar-refractivity contribution < 1.29 is 13.9 Å². The van der Waals surface area contributed by atoms with Crippen LogP contribution in [0.1, 0.15) is 11.6 Å². The zero-order valence-electron chi connectivity index (χ0n) is 11.5. The minimum absolute atomic E-state index is 0.157. The number of hydrogen-bond acceptors (Lipinski definition) is 5. The summed E-state index contributed by atoms with van der Waals surface area (Å²) in [6.07, 6.45) is 1.21. The molecule has 22 heavy (non-hydrogen) atoms. The molecule has 0 saturated heterocycles. The monoisotopic (exact) mass is 304 g/mol. The number of halogens is 1. The summed E-state index contributed by atoms with van der Waals surface area (Å²) in [5.41, 5.74) is 5.57. The second-order valence-corrected chi connectivity index (χ2v) is 4.88. The highest BCUT2D eigenvalue weighted by Gasteiger charge is 2.25. The predicted octanol–water partition coefficient (Wildman–Crippen LogP) is 0.413. The van der Waals surface area contributed by atoms with Gasteiger partial charge in [0.05, 0.1) is 6.04 Å². The zero-order valence-corrected chi connectivity index (χ0v) is 11.5. The maximum absolute atomic E-state index is 13.0. The van der Waals surface area contributed by atoms with Crippen LogP contribution in [0.15, 0.2) is 35.4 Å². The van der Waals surface area contributed by atoms with Gasteiger partial charge in [-0.2, -0.15) is 0 Å². The summed E-state index contributed by atoms with van der Waals surface area (Å²) in [6.45, 7) is -0.00703. The van der Waals surface area contributed by atoms with Gasteiger partial charge in [-0.25, -0.2) is 9.37 Å². The molecule has 3 N–H and O–H groups in total. The van der Waals surface area contributed by atoms with Crippen molar-refractivity contribution in [3.05, 3.63) is 52.3 Å². The average molecular weight is 304 g/mol. The molecule has 1 aromatic heterocycles. The number of anilines is 1. The molecule has 114 valence electrons. The van der Waals surface area contributed by atoms with E-state index in [0.717, 1.165) is 10.1 Å². The first kappa shape index (κ1) is 14.1. The molecule has 1 aliphatic rings. The van der Waals surface area contributed by atoms with Gasteiger partial charge in [0, 0.05) is 0 Å². The molecule has 1 amide bonds. The van der Waals surface area contributed by atoms with Crippen LogP contribution >= 0.6 is 0 Å². The first-order chi connectivity index (χ1) is 10.5. The second-order valence-electron chi connectivity index (χ2n) is 4.88. The van der Waals surface area contributed by atoms with Crippen molar-refractivity contribution in [1.29, 1.82) is 0 Å². The molecule has 7 nitrogen and oxygen atoms in total. The molecule has 0 fully saturated rings. The van der Waals surface area contributed by atoms with E-state index in [0.29, 0.717) is 0 Å². The molecule has 3 rings (SSSR count). The molecular formula is C14H13FN4O3. The van der Waals surface area contributed by atoms with E-state index in [1.54, 1.807) is 12.1 Å². The van der Waals surface area contributed by atoms with Gasteiger partial charge in [0.15, 0.2) is 5.69 Å². The third-order valence-corrected chi connectivity index (χ3v) is 3.31. The van der Waals surface area contributed by atoms with E-state index in [9.17, 15) is 14.0 Å². The summed E-state index contributed by atoms with van der Waals surface area (Å²) in [4.78, 5) is 27.2. The van der Waals surface area contributed by atoms with Crippen molar-refractivity contribution in [3.8, 4) is 5.88 Å². The number of ether oxygens (including phenoxy) is 1. The van der Waals surface area contributed by atoms with Crippen LogP contribution in [0.3, 0.4) is 0 Å². The van der Waals surface area contributed by atoms with E-state index in [2.05, 4.69) is 10.3 Å². The van der Waals surface area contributed by atoms with E-state index in [1.165, 1.54) is 18.5 Å². The average Bonchev–Trinajstić information content (AvgIpc) is 2.50. The van der Waals surface area contributed by atoms with Crippen LogP contribution in [0.2, 0.25) is 0 Å². The number of nitrogens with zero attached hydrogens (tertiary/aromatic N) is 2. The number of hydrogen-bond donors (Lipinski definition) is 2. The quantitative estimate of drug-likeness (QED) is 0.856. The SMILES string of the molecule is NC(=O)Cn1cnc2c(c1=O)NC(c1ccc(F)cc1)CO2. The van der Waals surface area contributed by atoms with Crippen molar-refractivity contribution in [1.82, 2.24) is 9.55 Å². The Labute approximate surface area is 124 Å². The van der Waals surface area contributed by atoms with Gasteiger partial charge in [-0.3, -0.25) is 14.2 Å². The van der Waals surface area contributed by atoms with Crippen molar-refractivity contribution in [3.63, 3.8) is 0 Å². The third-order valence-electron chi connectivity index (χ3n) is 3.31. The van der Waals surface area contributed by atoms with Crippen molar-refractivity contribution in [2.45, 2.75) is 12.6 Å². The fourth-order valence-electron chi connectivity index (χ4n) is 2.24. The van der Waals surface area contributed by atoms with E-state index in [4.69, 9.17) is 10.5 Å². The summed E-state index contributed by atoms with van der Waals surface area (Å²) in [6, 6.07) is 5.58. The van der Waals surface area contributed by atoms with Gasteiger partial charge in [0.2, 0.25) is 11.8 Å². The fraction of sp³-hybridized carbons (Fsp3) is 0.214. The van der Waals surface area contributed by atoms with Gasteiger partial charge < -0.3 is 15.8 Å². The van der Waals surface area contributed by atoms with Crippen LogP contribution in [0.25, 0.3) is 0 Å². The molecule has 1 unspecified atom stereocenters. The van der Waals surface area contributed by atoms with Crippen LogP contribution in [0.4, 0.5) is 10.1 Å². The van der Waals surface area contributed by atoms with E-state index in [1.807, 2.05) is 0 Å². The molecule has 0 spiro atoms. The van der Waals surface area contributed by atoms with Crippen LogP contribution in [-0.4, -0.2) is 22.1 Å². The number of carbonyl (C=O) groups excluding carboxylic acids is 1. The molecule has 2 aromatic rings. The number of nitrogens with one attached hydrogen (secondary N) is 1. The molecule has 8 heteroatoms. The Hall–Kier alpha value is -2.90. The topological polar surface area (TPSA) is 99.2 Å². The molecule has 0 aliphatic carbocycles. The molecule has 1 aliphatic heterocycles. The van der Waals surface area contributed by atoms with E-state index in [-0.39, 0.29) is 36.6 Å². The Bertz CT molecular complexity index is 773. The molecule has 1 atom stereocenters. The lowest BCUT2D eigenvalue weighted by molar-refractivity contribution is -0.118. The van der Waals surface area contributed by atoms with Gasteiger partial charge >= 0.3 is 0 Å². The minimum atomic E-state index is -0.643. The summed E-state index contributed by atoms with van der Waals surface area (Å²) in [5.74, 6) is -0.814. The first-order valence-electron chi connectivity index (χ1n) is 6.57. The van der Waals surface area contributed by atoms with Gasteiger partial charge in [-0.15, -0.1) is 0 Å². The van der Waals surface area contributed by atoms with Gasteiger partial charge in [0.25, 0.3) is 5.56 Å². The summed E-state index contributed by atoms with van der Waals surface area (Å²) in [5, 5.41) is 3.02. The summed E-state index contributed by atoms with van der Waals surface area (Å²) >= 11 is 0. The largest absolute Gasteiger partial charge is 0.473 e. The molecule has 1 aromatic carbocycles. The molecule has 0 bridgehead atoms. The number of benzene rings is 1. The Kier molecular flexibility index (Phi) is 3.50. The smallest absolute Gasteiger partial charge is 0.281 e. The van der Waals surface area contributed by atoms with Crippen LogP contribution in [-0.2, 0) is 11.3 Å². The number of fused-ring (bicyclic) bond motifs is 1. The number of amides is 1. The number of rotatable bonds is 3. The fourth-order valence-corrected chi connectivity index (χ4v) is 2.24. The normalized spacial score (nSPS) is 16.3. The molecule has 0 saturated carbocycles. The summed E-state index contributed by atoms with van der Waals surface area (Å²) in [7, 11) is 0. The van der Waals surface area contributed by atoms with Crippen LogP contribution in [0, 0.1) is 5.82 Å². The highest BCUT2D eigenvalue weighted by Crippen LogP contribution is 2.28. The maximum Gasteiger partial charge on any atom is 0.281 e. The van der Waals surface area contributed by atoms with Crippen LogP contribution < -0.4 is 21.3 Å². The third kappa shape index (κ3) is 2.62. The Morgan fingerprint density at radius 2 is 2.18 bits per heavy atom. The van der Waals surface area contributed by atoms with E-state index >= 15 is 0 Å².